The third-order valence-electron chi connectivity index (χ3n) is 0.672. The predicted octanol–water partition coefficient (Wildman–Crippen LogP) is 2.40. The Morgan fingerprint density at radius 3 is 2.75 bits per heavy atom. The minimum atomic E-state index is 0.254. The van der Waals surface area contributed by atoms with E-state index in [1.165, 1.54) is 6.08 Å². The Balaban J connectivity index is 3.40. The summed E-state index contributed by atoms with van der Waals surface area (Å²) in [5, 5.41) is 9.59. The molecule has 0 rings (SSSR count). The second kappa shape index (κ2) is 4.91. The zero-order chi connectivity index (χ0) is 6.41. The highest BCUT2D eigenvalue weighted by atomic mass is 79.9. The summed E-state index contributed by atoms with van der Waals surface area (Å²) in [4.78, 5) is 0. The van der Waals surface area contributed by atoms with E-state index in [4.69, 9.17) is 5.11 Å². The summed E-state index contributed by atoms with van der Waals surface area (Å²) in [6.07, 6.45) is 3.97. The summed E-state index contributed by atoms with van der Waals surface area (Å²) in [6, 6.07) is 0. The lowest BCUT2D eigenvalue weighted by Gasteiger charge is -1.85. The summed E-state index contributed by atoms with van der Waals surface area (Å²) < 4.78 is 0. The number of hydrogen-bond acceptors (Lipinski definition) is 1. The van der Waals surface area contributed by atoms with Gasteiger partial charge < -0.3 is 5.11 Å². The van der Waals surface area contributed by atoms with Crippen LogP contribution in [0.5, 0.6) is 0 Å². The summed E-state index contributed by atoms with van der Waals surface area (Å²) in [6.45, 7) is 3.38. The predicted molar refractivity (Wildman–Crippen MR) is 39.3 cm³/mol. The molecule has 0 aromatic heterocycles. The normalized spacial score (nSPS) is 11.4. The van der Waals surface area contributed by atoms with E-state index >= 15 is 0 Å². The van der Waals surface area contributed by atoms with Crippen molar-refractivity contribution in [2.75, 3.05) is 5.33 Å². The van der Waals surface area contributed by atoms with Gasteiger partial charge >= 0.3 is 0 Å². The number of aliphatic hydroxyl groups excluding tert-OH is 1. The van der Waals surface area contributed by atoms with Crippen LogP contribution in [0.3, 0.4) is 0 Å². The smallest absolute Gasteiger partial charge is 0.111 e. The molecule has 0 aliphatic carbocycles. The van der Waals surface area contributed by atoms with Crippen LogP contribution in [-0.4, -0.2) is 10.4 Å². The molecule has 46 valence electrons. The van der Waals surface area contributed by atoms with E-state index in [2.05, 4.69) is 22.5 Å². The van der Waals surface area contributed by atoms with Gasteiger partial charge in [0.1, 0.15) is 5.76 Å². The van der Waals surface area contributed by atoms with Gasteiger partial charge in [0.05, 0.1) is 0 Å². The van der Waals surface area contributed by atoms with E-state index in [0.717, 1.165) is 11.8 Å². The minimum absolute atomic E-state index is 0.254. The minimum Gasteiger partial charge on any atom is -0.508 e. The summed E-state index contributed by atoms with van der Waals surface area (Å²) in [7, 11) is 0. The lowest BCUT2D eigenvalue weighted by Crippen LogP contribution is -1.73. The van der Waals surface area contributed by atoms with Crippen molar-refractivity contribution in [3.63, 3.8) is 0 Å². The van der Waals surface area contributed by atoms with Crippen molar-refractivity contribution < 1.29 is 5.11 Å². The van der Waals surface area contributed by atoms with E-state index in [-0.39, 0.29) is 5.76 Å². The first kappa shape index (κ1) is 7.76. The van der Waals surface area contributed by atoms with Crippen molar-refractivity contribution in [3.05, 3.63) is 24.5 Å². The Bertz CT molecular complexity index is 96.7. The Morgan fingerprint density at radius 1 is 1.75 bits per heavy atom. The van der Waals surface area contributed by atoms with Crippen LogP contribution in [0.25, 0.3) is 0 Å². The molecule has 0 spiro atoms. The van der Waals surface area contributed by atoms with Crippen LogP contribution < -0.4 is 0 Å². The van der Waals surface area contributed by atoms with Crippen LogP contribution in [-0.2, 0) is 0 Å². The standard InChI is InChI=1S/C6H9BrO/c1-2-6(8)4-3-5-7/h2,4,8H,1,3,5H2/b6-4+. The molecule has 1 nitrogen and oxygen atoms in total. The zero-order valence-electron chi connectivity index (χ0n) is 4.60. The molecule has 0 atom stereocenters. The maximum atomic E-state index is 8.71. The molecule has 0 radical (unpaired) electrons. The van der Waals surface area contributed by atoms with Crippen molar-refractivity contribution in [3.8, 4) is 0 Å². The second-order valence-corrected chi connectivity index (χ2v) is 2.10. The van der Waals surface area contributed by atoms with Crippen molar-refractivity contribution in [2.24, 2.45) is 0 Å². The molecule has 0 aliphatic heterocycles. The summed E-state index contributed by atoms with van der Waals surface area (Å²) >= 11 is 3.22. The van der Waals surface area contributed by atoms with E-state index in [1.807, 2.05) is 0 Å². The second-order valence-electron chi connectivity index (χ2n) is 1.31. The average Bonchev–Trinajstić information content (AvgIpc) is 1.83. The molecular weight excluding hydrogens is 168 g/mol. The number of rotatable bonds is 3. The van der Waals surface area contributed by atoms with Gasteiger partial charge in [-0.05, 0) is 18.6 Å². The van der Waals surface area contributed by atoms with E-state index < -0.39 is 0 Å². The number of aliphatic hydroxyl groups is 1. The van der Waals surface area contributed by atoms with Gasteiger partial charge in [-0.3, -0.25) is 0 Å². The molecule has 2 heteroatoms. The van der Waals surface area contributed by atoms with E-state index in [0.29, 0.717) is 0 Å². The highest BCUT2D eigenvalue weighted by molar-refractivity contribution is 9.09. The fourth-order valence-electron chi connectivity index (χ4n) is 0.286. The third-order valence-corrected chi connectivity index (χ3v) is 1.13. The Hall–Kier alpha value is -0.240. The first-order valence-corrected chi connectivity index (χ1v) is 3.51. The molecule has 0 fully saturated rings. The molecule has 0 saturated heterocycles. The largest absolute Gasteiger partial charge is 0.508 e. The summed E-state index contributed by atoms with van der Waals surface area (Å²) in [5.74, 6) is 0.254. The van der Waals surface area contributed by atoms with Gasteiger partial charge in [0.15, 0.2) is 0 Å². The number of hydrogen-bond donors (Lipinski definition) is 1. The fraction of sp³-hybridized carbons (Fsp3) is 0.333. The van der Waals surface area contributed by atoms with Crippen LogP contribution in [0.1, 0.15) is 6.42 Å². The Labute approximate surface area is 57.8 Å². The highest BCUT2D eigenvalue weighted by Gasteiger charge is 1.79. The molecule has 0 aromatic rings. The molecule has 0 aromatic carbocycles. The van der Waals surface area contributed by atoms with Crippen LogP contribution in [0.2, 0.25) is 0 Å². The third kappa shape index (κ3) is 3.93. The Morgan fingerprint density at radius 2 is 2.38 bits per heavy atom. The highest BCUT2D eigenvalue weighted by Crippen LogP contribution is 1.94. The van der Waals surface area contributed by atoms with Gasteiger partial charge in [0, 0.05) is 5.33 Å². The average molecular weight is 177 g/mol. The molecule has 1 N–H and O–H groups in total. The monoisotopic (exact) mass is 176 g/mol. The number of halogens is 1. The molecule has 0 heterocycles. The molecule has 0 aliphatic rings. The molecule has 0 bridgehead atoms. The molecule has 0 saturated carbocycles. The van der Waals surface area contributed by atoms with Crippen LogP contribution in [0.4, 0.5) is 0 Å². The lowest BCUT2D eigenvalue weighted by atomic mass is 10.4. The molecule has 0 amide bonds. The quantitative estimate of drug-likeness (QED) is 0.398. The van der Waals surface area contributed by atoms with E-state index in [1.54, 1.807) is 6.08 Å². The van der Waals surface area contributed by atoms with Crippen LogP contribution in [0.15, 0.2) is 24.5 Å². The number of allylic oxidation sites excluding steroid dienone is 2. The van der Waals surface area contributed by atoms with Crippen molar-refractivity contribution in [1.82, 2.24) is 0 Å². The SMILES string of the molecule is C=C/C(O)=C\CCBr. The van der Waals surface area contributed by atoms with E-state index in [9.17, 15) is 0 Å². The first-order valence-electron chi connectivity index (χ1n) is 2.38. The van der Waals surface area contributed by atoms with Gasteiger partial charge in [-0.15, -0.1) is 0 Å². The van der Waals surface area contributed by atoms with Gasteiger partial charge in [0.25, 0.3) is 0 Å². The number of alkyl halides is 1. The first-order chi connectivity index (χ1) is 3.81. The van der Waals surface area contributed by atoms with Crippen molar-refractivity contribution in [2.45, 2.75) is 6.42 Å². The topological polar surface area (TPSA) is 20.2 Å². The zero-order valence-corrected chi connectivity index (χ0v) is 6.19. The van der Waals surface area contributed by atoms with Crippen LogP contribution >= 0.6 is 15.9 Å². The van der Waals surface area contributed by atoms with Gasteiger partial charge in [-0.25, -0.2) is 0 Å². The molecule has 0 unspecified atom stereocenters. The Kier molecular flexibility index (Phi) is 4.76. The molecule has 8 heavy (non-hydrogen) atoms. The van der Waals surface area contributed by atoms with Gasteiger partial charge in [-0.2, -0.15) is 0 Å². The van der Waals surface area contributed by atoms with Crippen molar-refractivity contribution in [1.29, 1.82) is 0 Å². The summed E-state index contributed by atoms with van der Waals surface area (Å²) in [5.41, 5.74) is 0. The van der Waals surface area contributed by atoms with Crippen molar-refractivity contribution >= 4 is 15.9 Å². The molecular formula is C6H9BrO. The maximum Gasteiger partial charge on any atom is 0.111 e. The maximum absolute atomic E-state index is 8.71. The fourth-order valence-corrected chi connectivity index (χ4v) is 0.515. The van der Waals surface area contributed by atoms with Gasteiger partial charge in [0.2, 0.25) is 0 Å². The van der Waals surface area contributed by atoms with Crippen LogP contribution in [0, 0.1) is 0 Å². The van der Waals surface area contributed by atoms with Gasteiger partial charge in [-0.1, -0.05) is 22.5 Å². The lowest BCUT2D eigenvalue weighted by molar-refractivity contribution is 0.430.